The zero-order valence-corrected chi connectivity index (χ0v) is 28.7. The Labute approximate surface area is 306 Å². The van der Waals surface area contributed by atoms with Crippen molar-refractivity contribution in [1.82, 2.24) is 0 Å². The maximum atomic E-state index is 3.90. The highest BCUT2D eigenvalue weighted by atomic mass is 15.1. The maximum absolute atomic E-state index is 3.90. The first-order valence-corrected chi connectivity index (χ1v) is 17.8. The average Bonchev–Trinajstić information content (AvgIpc) is 3.51. The number of hydrogen-bond acceptors (Lipinski definition) is 1. The Hall–Kier alpha value is -6.88. The molecule has 0 fully saturated rings. The van der Waals surface area contributed by atoms with Gasteiger partial charge in [0.05, 0.1) is 0 Å². The van der Waals surface area contributed by atoms with Gasteiger partial charge < -0.3 is 4.90 Å². The highest BCUT2D eigenvalue weighted by Crippen LogP contribution is 2.54. The summed E-state index contributed by atoms with van der Waals surface area (Å²) in [6.07, 6.45) is 0. The Balaban J connectivity index is 1.25. The standard InChI is InChI=1S/C51H35N/c1-5-15-38(16-6-1)35-36-51(43-29-25-41(26-30-43)39-17-7-2-8-18-39)49-24-14-13-23-47(49)48-34-33-46(37-50(48)51)52(44-21-11-4-12-22-44)45-31-27-42(28-32-45)40-19-9-3-10-20-40/h1-34,37H. The number of benzene rings is 8. The van der Waals surface area contributed by atoms with E-state index in [0.717, 1.165) is 28.2 Å². The van der Waals surface area contributed by atoms with Crippen LogP contribution in [0.5, 0.6) is 0 Å². The van der Waals surface area contributed by atoms with Gasteiger partial charge in [-0.15, -0.1) is 0 Å². The van der Waals surface area contributed by atoms with Gasteiger partial charge in [0.1, 0.15) is 5.41 Å². The van der Waals surface area contributed by atoms with Gasteiger partial charge in [0.2, 0.25) is 0 Å². The topological polar surface area (TPSA) is 3.24 Å². The fourth-order valence-electron chi connectivity index (χ4n) is 7.61. The summed E-state index contributed by atoms with van der Waals surface area (Å²) in [6, 6.07) is 75.7. The molecule has 0 saturated heterocycles. The number of para-hydroxylation sites is 1. The molecule has 0 bridgehead atoms. The molecule has 0 saturated carbocycles. The lowest BCUT2D eigenvalue weighted by atomic mass is 9.72. The summed E-state index contributed by atoms with van der Waals surface area (Å²) < 4.78 is 0. The van der Waals surface area contributed by atoms with Crippen LogP contribution in [-0.2, 0) is 5.41 Å². The summed E-state index contributed by atoms with van der Waals surface area (Å²) in [5.41, 5.74) is 14.3. The van der Waals surface area contributed by atoms with E-state index in [0.29, 0.717) is 0 Å². The second-order valence-corrected chi connectivity index (χ2v) is 13.2. The molecular formula is C51H35N. The smallest absolute Gasteiger partial charge is 0.108 e. The highest BCUT2D eigenvalue weighted by Gasteiger charge is 2.44. The zero-order chi connectivity index (χ0) is 34.7. The van der Waals surface area contributed by atoms with Crippen LogP contribution in [0.1, 0.15) is 22.3 Å². The molecule has 1 aliphatic carbocycles. The van der Waals surface area contributed by atoms with Gasteiger partial charge in [-0.25, -0.2) is 0 Å². The third kappa shape index (κ3) is 5.58. The molecule has 0 aliphatic heterocycles. The molecule has 8 aromatic carbocycles. The lowest BCUT2D eigenvalue weighted by Gasteiger charge is -2.30. The molecule has 8 aromatic rings. The van der Waals surface area contributed by atoms with Crippen LogP contribution in [0.2, 0.25) is 0 Å². The van der Waals surface area contributed by atoms with Crippen molar-refractivity contribution in [1.29, 1.82) is 0 Å². The third-order valence-corrected chi connectivity index (χ3v) is 10.1. The molecule has 52 heavy (non-hydrogen) atoms. The molecule has 0 amide bonds. The van der Waals surface area contributed by atoms with Crippen molar-refractivity contribution in [2.45, 2.75) is 5.41 Å². The molecule has 9 rings (SSSR count). The lowest BCUT2D eigenvalue weighted by Crippen LogP contribution is -2.25. The number of rotatable bonds is 6. The van der Waals surface area contributed by atoms with Crippen molar-refractivity contribution in [2.24, 2.45) is 0 Å². The minimum absolute atomic E-state index is 0.702. The summed E-state index contributed by atoms with van der Waals surface area (Å²) in [5.74, 6) is 7.53. The minimum atomic E-state index is -0.702. The highest BCUT2D eigenvalue weighted by molar-refractivity contribution is 5.90. The first-order valence-electron chi connectivity index (χ1n) is 17.8. The largest absolute Gasteiger partial charge is 0.310 e. The van der Waals surface area contributed by atoms with Crippen molar-refractivity contribution in [2.75, 3.05) is 4.90 Å². The average molecular weight is 662 g/mol. The van der Waals surface area contributed by atoms with Crippen LogP contribution in [0.25, 0.3) is 33.4 Å². The monoisotopic (exact) mass is 661 g/mol. The number of nitrogens with zero attached hydrogens (tertiary/aromatic N) is 1. The van der Waals surface area contributed by atoms with Gasteiger partial charge in [-0.3, -0.25) is 0 Å². The van der Waals surface area contributed by atoms with Crippen molar-refractivity contribution in [3.05, 3.63) is 235 Å². The van der Waals surface area contributed by atoms with Crippen LogP contribution in [0.15, 0.2) is 212 Å². The molecule has 0 heterocycles. The van der Waals surface area contributed by atoms with E-state index < -0.39 is 5.41 Å². The van der Waals surface area contributed by atoms with Crippen molar-refractivity contribution in [3.63, 3.8) is 0 Å². The van der Waals surface area contributed by atoms with E-state index in [1.165, 1.54) is 44.5 Å². The second kappa shape index (κ2) is 13.4. The third-order valence-electron chi connectivity index (χ3n) is 10.1. The van der Waals surface area contributed by atoms with Crippen molar-refractivity contribution < 1.29 is 0 Å². The van der Waals surface area contributed by atoms with Gasteiger partial charge in [0, 0.05) is 22.6 Å². The van der Waals surface area contributed by atoms with Gasteiger partial charge in [0.25, 0.3) is 0 Å². The van der Waals surface area contributed by atoms with E-state index >= 15 is 0 Å². The summed E-state index contributed by atoms with van der Waals surface area (Å²) in [5, 5.41) is 0. The molecule has 0 N–H and O–H groups in total. The molecule has 1 atom stereocenters. The molecule has 1 unspecified atom stereocenters. The summed E-state index contributed by atoms with van der Waals surface area (Å²) >= 11 is 0. The molecule has 1 aliphatic rings. The quantitative estimate of drug-likeness (QED) is 0.160. The molecule has 0 radical (unpaired) electrons. The van der Waals surface area contributed by atoms with Crippen LogP contribution in [0.3, 0.4) is 0 Å². The van der Waals surface area contributed by atoms with Gasteiger partial charge >= 0.3 is 0 Å². The lowest BCUT2D eigenvalue weighted by molar-refractivity contribution is 0.837. The Morgan fingerprint density at radius 3 is 1.44 bits per heavy atom. The van der Waals surface area contributed by atoms with Gasteiger partial charge in [-0.1, -0.05) is 176 Å². The summed E-state index contributed by atoms with van der Waals surface area (Å²) in [4.78, 5) is 2.35. The van der Waals surface area contributed by atoms with Crippen LogP contribution < -0.4 is 4.90 Å². The van der Waals surface area contributed by atoms with E-state index in [1.54, 1.807) is 0 Å². The van der Waals surface area contributed by atoms with E-state index in [-0.39, 0.29) is 0 Å². The molecule has 1 heteroatoms. The fourth-order valence-corrected chi connectivity index (χ4v) is 7.61. The minimum Gasteiger partial charge on any atom is -0.310 e. The first kappa shape index (κ1) is 31.1. The maximum Gasteiger partial charge on any atom is 0.108 e. The summed E-state index contributed by atoms with van der Waals surface area (Å²) in [7, 11) is 0. The Morgan fingerprint density at radius 1 is 0.346 bits per heavy atom. The van der Waals surface area contributed by atoms with E-state index in [2.05, 4.69) is 223 Å². The van der Waals surface area contributed by atoms with E-state index in [9.17, 15) is 0 Å². The van der Waals surface area contributed by atoms with Crippen LogP contribution in [-0.4, -0.2) is 0 Å². The molecular weight excluding hydrogens is 627 g/mol. The summed E-state index contributed by atoms with van der Waals surface area (Å²) in [6.45, 7) is 0. The number of anilines is 3. The first-order chi connectivity index (χ1) is 25.8. The number of fused-ring (bicyclic) bond motifs is 3. The predicted molar refractivity (Wildman–Crippen MR) is 217 cm³/mol. The van der Waals surface area contributed by atoms with Gasteiger partial charge in [-0.05, 0) is 98.6 Å². The van der Waals surface area contributed by atoms with Crippen LogP contribution >= 0.6 is 0 Å². The molecule has 0 aromatic heterocycles. The number of hydrogen-bond donors (Lipinski definition) is 0. The van der Waals surface area contributed by atoms with E-state index in [4.69, 9.17) is 0 Å². The van der Waals surface area contributed by atoms with Gasteiger partial charge in [-0.2, -0.15) is 0 Å². The van der Waals surface area contributed by atoms with E-state index in [1.807, 2.05) is 6.07 Å². The van der Waals surface area contributed by atoms with Crippen LogP contribution in [0.4, 0.5) is 17.1 Å². The SMILES string of the molecule is C(#CC1(c2ccc(-c3ccccc3)cc2)c2ccccc2-c2ccc(N(c3ccccc3)c3ccc(-c4ccccc4)cc3)cc21)c1ccccc1. The van der Waals surface area contributed by atoms with Gasteiger partial charge in [0.15, 0.2) is 0 Å². The molecule has 244 valence electrons. The molecule has 0 spiro atoms. The van der Waals surface area contributed by atoms with Crippen molar-refractivity contribution in [3.8, 4) is 45.2 Å². The normalized spacial score (nSPS) is 14.1. The Bertz CT molecular complexity index is 2530. The second-order valence-electron chi connectivity index (χ2n) is 13.2. The predicted octanol–water partition coefficient (Wildman–Crippen LogP) is 12.9. The molecule has 1 nitrogen and oxygen atoms in total. The Morgan fingerprint density at radius 2 is 0.808 bits per heavy atom. The Kier molecular flexibility index (Phi) is 8.05. The zero-order valence-electron chi connectivity index (χ0n) is 28.7. The fraction of sp³-hybridized carbons (Fsp3) is 0.0196. The van der Waals surface area contributed by atoms with Crippen LogP contribution in [0, 0.1) is 11.8 Å². The van der Waals surface area contributed by atoms with Crippen molar-refractivity contribution >= 4 is 17.1 Å².